The second kappa shape index (κ2) is 7.39. The van der Waals surface area contributed by atoms with E-state index < -0.39 is 0 Å². The Labute approximate surface area is 148 Å². The topological polar surface area (TPSA) is 95.5 Å². The lowest BCUT2D eigenvalue weighted by Gasteiger charge is -2.13. The second-order valence-corrected chi connectivity index (χ2v) is 6.59. The van der Waals surface area contributed by atoms with Crippen LogP contribution in [0.25, 0.3) is 10.6 Å². The molecule has 2 heterocycles. The van der Waals surface area contributed by atoms with E-state index in [0.717, 1.165) is 10.6 Å². The van der Waals surface area contributed by atoms with Gasteiger partial charge in [-0.2, -0.15) is 0 Å². The van der Waals surface area contributed by atoms with Gasteiger partial charge >= 0.3 is 6.03 Å². The van der Waals surface area contributed by atoms with Crippen molar-refractivity contribution in [3.05, 3.63) is 30.3 Å². The average molecular weight is 359 g/mol. The van der Waals surface area contributed by atoms with E-state index in [1.54, 1.807) is 7.05 Å². The summed E-state index contributed by atoms with van der Waals surface area (Å²) in [6.07, 6.45) is 0.600. The molecule has 0 unspecified atom stereocenters. The lowest BCUT2D eigenvalue weighted by molar-refractivity contribution is -0.125. The van der Waals surface area contributed by atoms with Crippen molar-refractivity contribution < 1.29 is 14.4 Å². The van der Waals surface area contributed by atoms with Crippen molar-refractivity contribution in [3.8, 4) is 10.6 Å². The van der Waals surface area contributed by atoms with Gasteiger partial charge in [-0.25, -0.2) is 4.79 Å². The molecule has 0 aliphatic carbocycles. The molecule has 1 N–H and O–H groups in total. The van der Waals surface area contributed by atoms with Crippen LogP contribution in [0.5, 0.6) is 0 Å². The molecular formula is C16H17N5O3S. The molecule has 0 radical (unpaired) electrons. The molecule has 25 heavy (non-hydrogen) atoms. The molecular weight excluding hydrogens is 342 g/mol. The molecule has 9 heteroatoms. The highest BCUT2D eigenvalue weighted by molar-refractivity contribution is 7.18. The summed E-state index contributed by atoms with van der Waals surface area (Å²) in [7, 11) is 1.58. The molecule has 8 nitrogen and oxygen atoms in total. The number of likely N-dealkylation sites (N-methyl/N-ethyl adjacent to an activating group) is 1. The van der Waals surface area contributed by atoms with Crippen molar-refractivity contribution in [3.63, 3.8) is 0 Å². The van der Waals surface area contributed by atoms with Crippen molar-refractivity contribution in [2.45, 2.75) is 12.8 Å². The Hall–Kier alpha value is -2.81. The first-order valence-electron chi connectivity index (χ1n) is 7.79. The fraction of sp³-hybridized carbons (Fsp3) is 0.312. The van der Waals surface area contributed by atoms with E-state index in [1.807, 2.05) is 30.3 Å². The highest BCUT2D eigenvalue weighted by Gasteiger charge is 2.32. The summed E-state index contributed by atoms with van der Waals surface area (Å²) in [5, 5.41) is 11.9. The Morgan fingerprint density at radius 3 is 2.68 bits per heavy atom. The lowest BCUT2D eigenvalue weighted by atomic mass is 10.2. The number of amides is 4. The molecule has 1 fully saturated rings. The molecule has 3 rings (SSSR count). The van der Waals surface area contributed by atoms with Crippen LogP contribution in [-0.4, -0.2) is 58.0 Å². The number of hydrogen-bond acceptors (Lipinski definition) is 6. The van der Waals surface area contributed by atoms with Crippen LogP contribution < -0.4 is 5.32 Å². The van der Waals surface area contributed by atoms with Crippen LogP contribution in [0.1, 0.15) is 12.8 Å². The highest BCUT2D eigenvalue weighted by Crippen LogP contribution is 2.25. The van der Waals surface area contributed by atoms with E-state index in [4.69, 9.17) is 0 Å². The Morgan fingerprint density at radius 2 is 2.00 bits per heavy atom. The number of hydrogen-bond donors (Lipinski definition) is 1. The third-order valence-corrected chi connectivity index (χ3v) is 4.60. The molecule has 1 saturated heterocycles. The SMILES string of the molecule is CN1CC(=O)N(CCCC(=O)Nc2nnc(-c3ccccc3)s2)C1=O. The summed E-state index contributed by atoms with van der Waals surface area (Å²) in [6, 6.07) is 9.27. The van der Waals surface area contributed by atoms with Gasteiger partial charge in [0.2, 0.25) is 16.9 Å². The Kier molecular flexibility index (Phi) is 5.03. The Morgan fingerprint density at radius 1 is 1.24 bits per heavy atom. The van der Waals surface area contributed by atoms with E-state index in [9.17, 15) is 14.4 Å². The number of carbonyl (C=O) groups is 3. The number of carbonyl (C=O) groups excluding carboxylic acids is 3. The van der Waals surface area contributed by atoms with Crippen LogP contribution in [0.3, 0.4) is 0 Å². The van der Waals surface area contributed by atoms with Crippen molar-refractivity contribution in [2.75, 3.05) is 25.5 Å². The summed E-state index contributed by atoms with van der Waals surface area (Å²) < 4.78 is 0. The maximum atomic E-state index is 12.0. The zero-order valence-electron chi connectivity index (χ0n) is 13.6. The average Bonchev–Trinajstić information content (AvgIpc) is 3.15. The minimum absolute atomic E-state index is 0.0953. The zero-order valence-corrected chi connectivity index (χ0v) is 14.5. The largest absolute Gasteiger partial charge is 0.326 e. The quantitative estimate of drug-likeness (QED) is 0.794. The first-order chi connectivity index (χ1) is 12.0. The summed E-state index contributed by atoms with van der Waals surface area (Å²) in [4.78, 5) is 37.9. The van der Waals surface area contributed by atoms with Gasteiger partial charge in [-0.3, -0.25) is 14.5 Å². The standard InChI is InChI=1S/C16H17N5O3S/c1-20-10-13(23)21(16(20)24)9-5-8-12(22)17-15-19-18-14(25-15)11-6-3-2-4-7-11/h2-4,6-7H,5,8-10H2,1H3,(H,17,19,22). The summed E-state index contributed by atoms with van der Waals surface area (Å²) in [6.45, 7) is 0.332. The number of aromatic nitrogens is 2. The highest BCUT2D eigenvalue weighted by atomic mass is 32.1. The van der Waals surface area contributed by atoms with Gasteiger partial charge in [0.05, 0.1) is 0 Å². The normalized spacial score (nSPS) is 14.3. The molecule has 2 aromatic rings. The first kappa shape index (κ1) is 17.0. The van der Waals surface area contributed by atoms with E-state index in [-0.39, 0.29) is 37.4 Å². The van der Waals surface area contributed by atoms with Crippen LogP contribution in [-0.2, 0) is 9.59 Å². The lowest BCUT2D eigenvalue weighted by Crippen LogP contribution is -2.32. The van der Waals surface area contributed by atoms with Crippen LogP contribution in [0.2, 0.25) is 0 Å². The van der Waals surface area contributed by atoms with Crippen LogP contribution in [0.4, 0.5) is 9.93 Å². The molecule has 1 aliphatic heterocycles. The minimum atomic E-state index is -0.318. The number of rotatable bonds is 6. The molecule has 1 aliphatic rings. The zero-order chi connectivity index (χ0) is 17.8. The number of nitrogens with zero attached hydrogens (tertiary/aromatic N) is 4. The van der Waals surface area contributed by atoms with Crippen LogP contribution in [0, 0.1) is 0 Å². The van der Waals surface area contributed by atoms with E-state index in [2.05, 4.69) is 15.5 Å². The second-order valence-electron chi connectivity index (χ2n) is 5.61. The molecule has 130 valence electrons. The fourth-order valence-electron chi connectivity index (χ4n) is 2.44. The third-order valence-electron chi connectivity index (χ3n) is 3.71. The number of anilines is 1. The number of imide groups is 1. The van der Waals surface area contributed by atoms with E-state index in [0.29, 0.717) is 11.6 Å². The van der Waals surface area contributed by atoms with Crippen LogP contribution in [0.15, 0.2) is 30.3 Å². The summed E-state index contributed by atoms with van der Waals surface area (Å²) in [5.41, 5.74) is 0.940. The maximum Gasteiger partial charge on any atom is 0.326 e. The van der Waals surface area contributed by atoms with Crippen molar-refractivity contribution in [1.82, 2.24) is 20.0 Å². The van der Waals surface area contributed by atoms with E-state index >= 15 is 0 Å². The molecule has 0 saturated carbocycles. The maximum absolute atomic E-state index is 12.0. The van der Waals surface area contributed by atoms with Crippen molar-refractivity contribution in [1.29, 1.82) is 0 Å². The molecule has 0 atom stereocenters. The van der Waals surface area contributed by atoms with Gasteiger partial charge in [-0.1, -0.05) is 41.7 Å². The Balaban J connectivity index is 1.48. The first-order valence-corrected chi connectivity index (χ1v) is 8.60. The van der Waals surface area contributed by atoms with Gasteiger partial charge in [-0.15, -0.1) is 10.2 Å². The third kappa shape index (κ3) is 4.00. The smallest absolute Gasteiger partial charge is 0.318 e. The van der Waals surface area contributed by atoms with Gasteiger partial charge in [0.15, 0.2) is 0 Å². The van der Waals surface area contributed by atoms with Crippen molar-refractivity contribution >= 4 is 34.3 Å². The number of benzene rings is 1. The van der Waals surface area contributed by atoms with Crippen LogP contribution >= 0.6 is 11.3 Å². The summed E-state index contributed by atoms with van der Waals surface area (Å²) >= 11 is 1.29. The van der Waals surface area contributed by atoms with Crippen molar-refractivity contribution in [2.24, 2.45) is 0 Å². The molecule has 0 bridgehead atoms. The molecule has 1 aromatic heterocycles. The monoisotopic (exact) mass is 359 g/mol. The Bertz CT molecular complexity index is 792. The van der Waals surface area contributed by atoms with Gasteiger partial charge in [0.25, 0.3) is 0 Å². The van der Waals surface area contributed by atoms with Gasteiger partial charge in [0, 0.05) is 25.6 Å². The predicted octanol–water partition coefficient (Wildman–Crippen LogP) is 1.82. The van der Waals surface area contributed by atoms with Gasteiger partial charge in [0.1, 0.15) is 11.6 Å². The molecule has 1 aromatic carbocycles. The summed E-state index contributed by atoms with van der Waals surface area (Å²) in [5.74, 6) is -0.451. The predicted molar refractivity (Wildman–Crippen MR) is 92.9 cm³/mol. The van der Waals surface area contributed by atoms with E-state index in [1.165, 1.54) is 21.1 Å². The molecule has 4 amide bonds. The van der Waals surface area contributed by atoms with Gasteiger partial charge in [-0.05, 0) is 6.42 Å². The fourth-order valence-corrected chi connectivity index (χ4v) is 3.20. The molecule has 0 spiro atoms. The number of nitrogens with one attached hydrogen (secondary N) is 1. The number of urea groups is 1. The minimum Gasteiger partial charge on any atom is -0.318 e. The van der Waals surface area contributed by atoms with Gasteiger partial charge < -0.3 is 10.2 Å².